The minimum absolute atomic E-state index is 0.165. The fourth-order valence-electron chi connectivity index (χ4n) is 4.78. The molecule has 0 unspecified atom stereocenters. The Kier molecular flexibility index (Phi) is 3.77. The molecule has 2 aliphatic heterocycles. The van der Waals surface area contributed by atoms with E-state index >= 15 is 0 Å². The molecule has 10 nitrogen and oxygen atoms in total. The zero-order valence-corrected chi connectivity index (χ0v) is 18.1. The monoisotopic (exact) mass is 430 g/mol. The average molecular weight is 430 g/mol. The number of hydrogen-bond donors (Lipinski definition) is 2. The Hall–Kier alpha value is -4.08. The summed E-state index contributed by atoms with van der Waals surface area (Å²) in [5.41, 5.74) is 6.35. The molecule has 2 N–H and O–H groups in total. The molecule has 4 aromatic rings. The maximum atomic E-state index is 10.2. The van der Waals surface area contributed by atoms with Crippen LogP contribution in [0.2, 0.25) is 0 Å². The molecular formula is C22H22N8O2. The minimum atomic E-state index is -0.412. The largest absolute Gasteiger partial charge is 0.508 e. The summed E-state index contributed by atoms with van der Waals surface area (Å²) in [6.07, 6.45) is 5.12. The van der Waals surface area contributed by atoms with Gasteiger partial charge in [0.05, 0.1) is 17.1 Å². The Morgan fingerprint density at radius 3 is 2.44 bits per heavy atom. The Morgan fingerprint density at radius 2 is 1.75 bits per heavy atom. The SMILES string of the molecule is Cc1nn(C)cc1[C@H]1C2=C(Nc3ncnn31)c1cc(O)ccc1O[C@@H]2c1cn(C)nc1C. The Labute approximate surface area is 183 Å². The molecular weight excluding hydrogens is 408 g/mol. The van der Waals surface area contributed by atoms with Gasteiger partial charge in [0.25, 0.3) is 0 Å². The van der Waals surface area contributed by atoms with Gasteiger partial charge < -0.3 is 15.2 Å². The van der Waals surface area contributed by atoms with Crippen molar-refractivity contribution in [2.24, 2.45) is 14.1 Å². The summed E-state index contributed by atoms with van der Waals surface area (Å²) in [6.45, 7) is 3.97. The summed E-state index contributed by atoms with van der Waals surface area (Å²) in [7, 11) is 3.81. The van der Waals surface area contributed by atoms with Crippen LogP contribution in [0.4, 0.5) is 5.95 Å². The van der Waals surface area contributed by atoms with Crippen LogP contribution in [0.3, 0.4) is 0 Å². The number of fused-ring (bicyclic) bond motifs is 3. The summed E-state index contributed by atoms with van der Waals surface area (Å²) in [4.78, 5) is 4.43. The molecule has 0 radical (unpaired) electrons. The van der Waals surface area contributed by atoms with E-state index in [2.05, 4.69) is 25.6 Å². The lowest BCUT2D eigenvalue weighted by atomic mass is 9.85. The molecule has 0 amide bonds. The summed E-state index contributed by atoms with van der Waals surface area (Å²) in [5.74, 6) is 1.46. The van der Waals surface area contributed by atoms with Crippen molar-refractivity contribution in [3.8, 4) is 11.5 Å². The standard InChI is InChI=1S/C22H22N8O2/c1-11-15(8-28(3)26-11)20-18-19(25-22-23-10-24-30(20)22)14-7-13(31)5-6-17(14)32-21(18)16-9-29(4)27-12(16)2/h5-10,20-21,31H,1-4H3,(H,23,24,25)/t20-,21+/m0/s1. The fourth-order valence-corrected chi connectivity index (χ4v) is 4.78. The molecule has 0 fully saturated rings. The number of aromatic hydroxyl groups is 1. The van der Waals surface area contributed by atoms with Crippen molar-refractivity contribution in [3.63, 3.8) is 0 Å². The second-order valence-corrected chi connectivity index (χ2v) is 8.25. The molecule has 0 saturated heterocycles. The lowest BCUT2D eigenvalue weighted by molar-refractivity contribution is 0.222. The molecule has 10 heteroatoms. The Balaban J connectivity index is 1.67. The van der Waals surface area contributed by atoms with Gasteiger partial charge in [-0.25, -0.2) is 4.68 Å². The number of phenolic OH excluding ortho intramolecular Hbond substituents is 1. The van der Waals surface area contributed by atoms with E-state index in [9.17, 15) is 5.11 Å². The fraction of sp³-hybridized carbons (Fsp3) is 0.273. The van der Waals surface area contributed by atoms with Gasteiger partial charge in [-0.1, -0.05) is 0 Å². The van der Waals surface area contributed by atoms with Gasteiger partial charge in [0.15, 0.2) is 6.10 Å². The normalized spacial score (nSPS) is 19.1. The number of phenols is 1. The third kappa shape index (κ3) is 2.58. The number of aromatic nitrogens is 7. The van der Waals surface area contributed by atoms with E-state index in [0.29, 0.717) is 11.7 Å². The van der Waals surface area contributed by atoms with Crippen LogP contribution in [0.15, 0.2) is 42.5 Å². The van der Waals surface area contributed by atoms with Crippen LogP contribution in [0.25, 0.3) is 5.70 Å². The lowest BCUT2D eigenvalue weighted by Crippen LogP contribution is -2.32. The zero-order valence-electron chi connectivity index (χ0n) is 18.1. The van der Waals surface area contributed by atoms with Crippen molar-refractivity contribution in [2.75, 3.05) is 5.32 Å². The highest BCUT2D eigenvalue weighted by atomic mass is 16.5. The van der Waals surface area contributed by atoms with E-state index in [1.165, 1.54) is 6.33 Å². The Morgan fingerprint density at radius 1 is 1.03 bits per heavy atom. The lowest BCUT2D eigenvalue weighted by Gasteiger charge is -2.38. The highest BCUT2D eigenvalue weighted by Crippen LogP contribution is 2.51. The minimum Gasteiger partial charge on any atom is -0.508 e. The van der Waals surface area contributed by atoms with Crippen LogP contribution >= 0.6 is 0 Å². The number of nitrogens with zero attached hydrogens (tertiary/aromatic N) is 7. The van der Waals surface area contributed by atoms with Gasteiger partial charge in [-0.3, -0.25) is 9.36 Å². The van der Waals surface area contributed by atoms with Gasteiger partial charge in [0.1, 0.15) is 23.9 Å². The van der Waals surface area contributed by atoms with E-state index in [0.717, 1.165) is 39.3 Å². The first-order chi connectivity index (χ1) is 15.4. The molecule has 6 rings (SSSR count). The summed E-state index contributed by atoms with van der Waals surface area (Å²) >= 11 is 0. The van der Waals surface area contributed by atoms with Gasteiger partial charge in [-0.15, -0.1) is 0 Å². The number of anilines is 1. The Bertz CT molecular complexity index is 1410. The summed E-state index contributed by atoms with van der Waals surface area (Å²) < 4.78 is 12.0. The van der Waals surface area contributed by atoms with Crippen molar-refractivity contribution < 1.29 is 9.84 Å². The number of aryl methyl sites for hydroxylation is 4. The maximum Gasteiger partial charge on any atom is 0.226 e. The van der Waals surface area contributed by atoms with Crippen LogP contribution in [0, 0.1) is 13.8 Å². The van der Waals surface area contributed by atoms with Crippen LogP contribution < -0.4 is 10.1 Å². The van der Waals surface area contributed by atoms with Gasteiger partial charge >= 0.3 is 0 Å². The molecule has 2 aliphatic rings. The van der Waals surface area contributed by atoms with E-state index in [1.807, 2.05) is 45.0 Å². The molecule has 0 bridgehead atoms. The molecule has 0 saturated carbocycles. The zero-order chi connectivity index (χ0) is 22.1. The van der Waals surface area contributed by atoms with Crippen LogP contribution in [-0.2, 0) is 14.1 Å². The van der Waals surface area contributed by atoms with E-state index in [-0.39, 0.29) is 11.8 Å². The second kappa shape index (κ2) is 6.46. The maximum absolute atomic E-state index is 10.2. The quantitative estimate of drug-likeness (QED) is 0.503. The molecule has 1 aromatic carbocycles. The van der Waals surface area contributed by atoms with Crippen molar-refractivity contribution >= 4 is 11.6 Å². The number of ether oxygens (including phenoxy) is 1. The van der Waals surface area contributed by atoms with Crippen LogP contribution in [0.1, 0.15) is 40.2 Å². The van der Waals surface area contributed by atoms with Crippen LogP contribution in [0.5, 0.6) is 11.5 Å². The third-order valence-corrected chi connectivity index (χ3v) is 6.08. The van der Waals surface area contributed by atoms with E-state index in [4.69, 9.17) is 4.74 Å². The summed E-state index contributed by atoms with van der Waals surface area (Å²) in [6, 6.07) is 4.84. The molecule has 3 aromatic heterocycles. The highest BCUT2D eigenvalue weighted by molar-refractivity contribution is 5.85. The average Bonchev–Trinajstić information content (AvgIpc) is 3.44. The van der Waals surface area contributed by atoms with Crippen molar-refractivity contribution in [3.05, 3.63) is 70.6 Å². The molecule has 0 aliphatic carbocycles. The van der Waals surface area contributed by atoms with Gasteiger partial charge in [0, 0.05) is 48.8 Å². The topological polar surface area (TPSA) is 108 Å². The van der Waals surface area contributed by atoms with Gasteiger partial charge in [0.2, 0.25) is 5.95 Å². The predicted octanol–water partition coefficient (Wildman–Crippen LogP) is 2.63. The number of hydrogen-bond acceptors (Lipinski definition) is 7. The van der Waals surface area contributed by atoms with E-state index < -0.39 is 6.10 Å². The van der Waals surface area contributed by atoms with Crippen LogP contribution in [-0.4, -0.2) is 39.4 Å². The van der Waals surface area contributed by atoms with Gasteiger partial charge in [-0.05, 0) is 32.0 Å². The third-order valence-electron chi connectivity index (χ3n) is 6.08. The summed E-state index contributed by atoms with van der Waals surface area (Å²) in [5, 5.41) is 27.3. The molecule has 162 valence electrons. The predicted molar refractivity (Wildman–Crippen MR) is 116 cm³/mol. The molecule has 32 heavy (non-hydrogen) atoms. The molecule has 2 atom stereocenters. The van der Waals surface area contributed by atoms with Crippen molar-refractivity contribution in [1.29, 1.82) is 0 Å². The smallest absolute Gasteiger partial charge is 0.226 e. The van der Waals surface area contributed by atoms with Gasteiger partial charge in [-0.2, -0.15) is 20.3 Å². The van der Waals surface area contributed by atoms with Crippen molar-refractivity contribution in [2.45, 2.75) is 26.0 Å². The number of nitrogens with one attached hydrogen (secondary N) is 1. The molecule has 5 heterocycles. The first kappa shape index (κ1) is 18.7. The number of benzene rings is 1. The first-order valence-corrected chi connectivity index (χ1v) is 10.3. The molecule has 0 spiro atoms. The highest BCUT2D eigenvalue weighted by Gasteiger charge is 2.43. The van der Waals surface area contributed by atoms with Crippen molar-refractivity contribution in [1.82, 2.24) is 34.3 Å². The van der Waals surface area contributed by atoms with E-state index in [1.54, 1.807) is 27.6 Å². The first-order valence-electron chi connectivity index (χ1n) is 10.3. The second-order valence-electron chi connectivity index (χ2n) is 8.25. The number of rotatable bonds is 2.